The maximum Gasteiger partial charge on any atom is 0.341 e. The first-order chi connectivity index (χ1) is 9.60. The average Bonchev–Trinajstić information content (AvgIpc) is 2.95. The second kappa shape index (κ2) is 4.67. The molecule has 1 unspecified atom stereocenters. The lowest BCUT2D eigenvalue weighted by Crippen LogP contribution is -2.10. The molecule has 1 aromatic carbocycles. The molecule has 0 bridgehead atoms. The van der Waals surface area contributed by atoms with Crippen LogP contribution in [0.1, 0.15) is 40.1 Å². The summed E-state index contributed by atoms with van der Waals surface area (Å²) in [6.07, 6.45) is 0.624. The van der Waals surface area contributed by atoms with E-state index in [4.69, 9.17) is 0 Å². The van der Waals surface area contributed by atoms with E-state index in [2.05, 4.69) is 34.7 Å². The predicted molar refractivity (Wildman–Crippen MR) is 76.1 cm³/mol. The van der Waals surface area contributed by atoms with Crippen LogP contribution in [-0.4, -0.2) is 20.9 Å². The predicted octanol–water partition coefficient (Wildman–Crippen LogP) is 2.62. The summed E-state index contributed by atoms with van der Waals surface area (Å²) >= 11 is 0. The molecule has 0 aliphatic carbocycles. The Bertz CT molecular complexity index is 659. The van der Waals surface area contributed by atoms with Gasteiger partial charge in [0.1, 0.15) is 11.4 Å². The van der Waals surface area contributed by atoms with Crippen LogP contribution in [0.25, 0.3) is 0 Å². The summed E-state index contributed by atoms with van der Waals surface area (Å²) in [4.78, 5) is 11.4. The van der Waals surface area contributed by atoms with E-state index in [0.29, 0.717) is 30.0 Å². The first-order valence-electron chi connectivity index (χ1n) is 6.76. The molecular formula is C15H17N3O2. The summed E-state index contributed by atoms with van der Waals surface area (Å²) in [6, 6.07) is 8.35. The van der Waals surface area contributed by atoms with Crippen LogP contribution in [0.3, 0.4) is 0 Å². The lowest BCUT2D eigenvalue weighted by Gasteiger charge is -2.11. The summed E-state index contributed by atoms with van der Waals surface area (Å²) in [5.74, 6) is -0.292. The number of aryl methyl sites for hydroxylation is 2. The molecule has 1 aromatic heterocycles. The Morgan fingerprint density at radius 1 is 1.45 bits per heavy atom. The number of carboxylic acid groups (broad SMARTS) is 1. The van der Waals surface area contributed by atoms with Crippen LogP contribution in [0, 0.1) is 6.92 Å². The van der Waals surface area contributed by atoms with Gasteiger partial charge in [0.05, 0.1) is 18.3 Å². The van der Waals surface area contributed by atoms with E-state index >= 15 is 0 Å². The van der Waals surface area contributed by atoms with Gasteiger partial charge in [-0.05, 0) is 18.9 Å². The number of nitrogens with zero attached hydrogens (tertiary/aromatic N) is 2. The van der Waals surface area contributed by atoms with Gasteiger partial charge in [0.25, 0.3) is 0 Å². The number of anilines is 1. The fraction of sp³-hybridized carbons (Fsp3) is 0.333. The number of benzene rings is 1. The highest BCUT2D eigenvalue weighted by Gasteiger charge is 2.30. The van der Waals surface area contributed by atoms with Gasteiger partial charge in [0.15, 0.2) is 0 Å². The van der Waals surface area contributed by atoms with E-state index < -0.39 is 5.97 Å². The van der Waals surface area contributed by atoms with Gasteiger partial charge in [0.2, 0.25) is 0 Å². The largest absolute Gasteiger partial charge is 0.477 e. The molecule has 3 rings (SSSR count). The molecule has 2 aromatic rings. The Hall–Kier alpha value is -2.30. The lowest BCUT2D eigenvalue weighted by molar-refractivity contribution is 0.0697. The summed E-state index contributed by atoms with van der Waals surface area (Å²) in [7, 11) is 0. The number of aromatic carboxylic acids is 1. The van der Waals surface area contributed by atoms with Crippen LogP contribution in [0.4, 0.5) is 5.82 Å². The molecule has 2 heterocycles. The molecule has 0 radical (unpaired) electrons. The number of aromatic nitrogens is 2. The second-order valence-electron chi connectivity index (χ2n) is 5.12. The molecule has 0 saturated heterocycles. The van der Waals surface area contributed by atoms with Crippen molar-refractivity contribution in [2.45, 2.75) is 32.9 Å². The third kappa shape index (κ3) is 1.95. The van der Waals surface area contributed by atoms with Crippen molar-refractivity contribution >= 4 is 11.8 Å². The second-order valence-corrected chi connectivity index (χ2v) is 5.12. The van der Waals surface area contributed by atoms with Gasteiger partial charge < -0.3 is 10.4 Å². The molecule has 0 spiro atoms. The summed E-state index contributed by atoms with van der Waals surface area (Å²) < 4.78 is 1.77. The zero-order chi connectivity index (χ0) is 14.3. The van der Waals surface area contributed by atoms with E-state index in [-0.39, 0.29) is 6.04 Å². The van der Waals surface area contributed by atoms with E-state index in [9.17, 15) is 9.90 Å². The van der Waals surface area contributed by atoms with Gasteiger partial charge in [-0.15, -0.1) is 0 Å². The molecule has 5 heteroatoms. The topological polar surface area (TPSA) is 67.2 Å². The van der Waals surface area contributed by atoms with Gasteiger partial charge in [-0.1, -0.05) is 36.8 Å². The standard InChI is InChI=1S/C15H17N3O2/c1-3-11-13(15(19)20)14-16-12(8-18(14)17-11)10-6-4-9(2)5-7-10/h4-7,12,16H,3,8H2,1-2H3,(H,19,20). The van der Waals surface area contributed by atoms with Crippen LogP contribution in [0.15, 0.2) is 24.3 Å². The van der Waals surface area contributed by atoms with Gasteiger partial charge in [-0.25, -0.2) is 9.48 Å². The van der Waals surface area contributed by atoms with Crippen LogP contribution in [0.5, 0.6) is 0 Å². The van der Waals surface area contributed by atoms with Crippen molar-refractivity contribution in [1.29, 1.82) is 0 Å². The molecule has 0 amide bonds. The van der Waals surface area contributed by atoms with Crippen molar-refractivity contribution in [1.82, 2.24) is 9.78 Å². The van der Waals surface area contributed by atoms with E-state index in [1.807, 2.05) is 13.8 Å². The monoisotopic (exact) mass is 271 g/mol. The molecule has 2 N–H and O–H groups in total. The molecule has 1 atom stereocenters. The number of carbonyl (C=O) groups is 1. The molecule has 1 aliphatic rings. The van der Waals surface area contributed by atoms with Gasteiger partial charge in [-0.3, -0.25) is 0 Å². The molecular weight excluding hydrogens is 254 g/mol. The van der Waals surface area contributed by atoms with Crippen molar-refractivity contribution in [3.63, 3.8) is 0 Å². The van der Waals surface area contributed by atoms with Gasteiger partial charge in [-0.2, -0.15) is 5.10 Å². The normalized spacial score (nSPS) is 16.8. The van der Waals surface area contributed by atoms with Crippen molar-refractivity contribution in [3.05, 3.63) is 46.6 Å². The molecule has 1 aliphatic heterocycles. The van der Waals surface area contributed by atoms with E-state index in [0.717, 1.165) is 5.56 Å². The Balaban J connectivity index is 1.93. The molecule has 0 fully saturated rings. The summed E-state index contributed by atoms with van der Waals surface area (Å²) in [6.45, 7) is 4.63. The van der Waals surface area contributed by atoms with Crippen LogP contribution < -0.4 is 5.32 Å². The number of hydrogen-bond acceptors (Lipinski definition) is 3. The highest BCUT2D eigenvalue weighted by atomic mass is 16.4. The molecule has 5 nitrogen and oxygen atoms in total. The zero-order valence-corrected chi connectivity index (χ0v) is 11.6. The van der Waals surface area contributed by atoms with E-state index in [1.165, 1.54) is 5.56 Å². The van der Waals surface area contributed by atoms with Crippen LogP contribution in [0.2, 0.25) is 0 Å². The third-order valence-electron chi connectivity index (χ3n) is 3.72. The highest BCUT2D eigenvalue weighted by molar-refractivity contribution is 5.95. The Labute approximate surface area is 117 Å². The first kappa shape index (κ1) is 12.7. The fourth-order valence-corrected chi connectivity index (χ4v) is 2.63. The maximum absolute atomic E-state index is 11.4. The number of rotatable bonds is 3. The Kier molecular flexibility index (Phi) is 2.97. The Morgan fingerprint density at radius 3 is 2.75 bits per heavy atom. The number of nitrogens with one attached hydrogen (secondary N) is 1. The average molecular weight is 271 g/mol. The SMILES string of the molecule is CCc1nn2c(c1C(=O)O)NC(c1ccc(C)cc1)C2. The van der Waals surface area contributed by atoms with Crippen molar-refractivity contribution in [2.75, 3.05) is 5.32 Å². The minimum atomic E-state index is -0.917. The minimum Gasteiger partial charge on any atom is -0.477 e. The van der Waals surface area contributed by atoms with Gasteiger partial charge >= 0.3 is 5.97 Å². The van der Waals surface area contributed by atoms with Crippen LogP contribution >= 0.6 is 0 Å². The quantitative estimate of drug-likeness (QED) is 0.900. The minimum absolute atomic E-state index is 0.0853. The molecule has 20 heavy (non-hydrogen) atoms. The highest BCUT2D eigenvalue weighted by Crippen LogP contribution is 2.33. The van der Waals surface area contributed by atoms with Gasteiger partial charge in [0, 0.05) is 0 Å². The molecule has 0 saturated carbocycles. The Morgan fingerprint density at radius 2 is 2.15 bits per heavy atom. The zero-order valence-electron chi connectivity index (χ0n) is 11.6. The lowest BCUT2D eigenvalue weighted by atomic mass is 10.1. The third-order valence-corrected chi connectivity index (χ3v) is 3.72. The van der Waals surface area contributed by atoms with E-state index in [1.54, 1.807) is 4.68 Å². The number of hydrogen-bond donors (Lipinski definition) is 2. The first-order valence-corrected chi connectivity index (χ1v) is 6.76. The maximum atomic E-state index is 11.4. The smallest absolute Gasteiger partial charge is 0.341 e. The summed E-state index contributed by atoms with van der Waals surface area (Å²) in [5, 5.41) is 17.0. The van der Waals surface area contributed by atoms with Crippen LogP contribution in [-0.2, 0) is 13.0 Å². The molecule has 104 valence electrons. The fourth-order valence-electron chi connectivity index (χ4n) is 2.63. The number of carboxylic acids is 1. The van der Waals surface area contributed by atoms with Crippen molar-refractivity contribution < 1.29 is 9.90 Å². The van der Waals surface area contributed by atoms with Crippen molar-refractivity contribution in [3.8, 4) is 0 Å². The van der Waals surface area contributed by atoms with Crippen molar-refractivity contribution in [2.24, 2.45) is 0 Å². The summed E-state index contributed by atoms with van der Waals surface area (Å²) in [5.41, 5.74) is 3.31. The number of fused-ring (bicyclic) bond motifs is 1.